The molecule has 0 atom stereocenters. The lowest BCUT2D eigenvalue weighted by molar-refractivity contribution is -0.120. The minimum absolute atomic E-state index is 0.0833. The summed E-state index contributed by atoms with van der Waals surface area (Å²) in [5.74, 6) is 1.75. The van der Waals surface area contributed by atoms with Gasteiger partial charge in [0.25, 0.3) is 0 Å². The van der Waals surface area contributed by atoms with E-state index in [-0.39, 0.29) is 5.91 Å². The molecule has 1 saturated carbocycles. The molecule has 1 aromatic rings. The number of benzene rings is 1. The van der Waals surface area contributed by atoms with Gasteiger partial charge in [-0.1, -0.05) is 12.1 Å². The topological polar surface area (TPSA) is 69.2 Å². The largest absolute Gasteiger partial charge is 0.379 e. The molecule has 7 heteroatoms. The number of carbonyl (C=O) groups is 1. The number of guanidine groups is 1. The first-order valence-corrected chi connectivity index (χ1v) is 9.76. The highest BCUT2D eigenvalue weighted by atomic mass is 16.5. The number of nitrogens with one attached hydrogen (secondary N) is 2. The van der Waals surface area contributed by atoms with E-state index in [0.717, 1.165) is 43.9 Å². The van der Waals surface area contributed by atoms with E-state index in [9.17, 15) is 4.79 Å². The number of rotatable bonds is 8. The first-order chi connectivity index (χ1) is 13.2. The Bertz CT molecular complexity index is 642. The summed E-state index contributed by atoms with van der Waals surface area (Å²) in [6.07, 6.45) is 2.64. The lowest BCUT2D eigenvalue weighted by Gasteiger charge is -2.28. The Morgan fingerprint density at radius 3 is 2.81 bits per heavy atom. The molecule has 0 spiro atoms. The van der Waals surface area contributed by atoms with Crippen LogP contribution < -0.4 is 15.5 Å². The van der Waals surface area contributed by atoms with Gasteiger partial charge < -0.3 is 25.2 Å². The average Bonchev–Trinajstić information content (AvgIpc) is 3.51. The normalized spacial score (nSPS) is 17.6. The van der Waals surface area contributed by atoms with E-state index in [4.69, 9.17) is 4.74 Å². The molecule has 1 aliphatic carbocycles. The molecule has 1 amide bonds. The number of hydrogen-bond donors (Lipinski definition) is 2. The lowest BCUT2D eigenvalue weighted by Crippen LogP contribution is -2.47. The van der Waals surface area contributed by atoms with Crippen molar-refractivity contribution in [3.8, 4) is 0 Å². The molecule has 1 heterocycles. The summed E-state index contributed by atoms with van der Waals surface area (Å²) in [4.78, 5) is 20.1. The third-order valence-corrected chi connectivity index (χ3v) is 4.99. The van der Waals surface area contributed by atoms with Crippen LogP contribution in [-0.4, -0.2) is 70.3 Å². The van der Waals surface area contributed by atoms with Crippen molar-refractivity contribution >= 4 is 17.6 Å². The Kier molecular flexibility index (Phi) is 6.92. The molecule has 0 radical (unpaired) electrons. The van der Waals surface area contributed by atoms with Crippen molar-refractivity contribution in [2.24, 2.45) is 10.9 Å². The third-order valence-electron chi connectivity index (χ3n) is 4.99. The smallest absolute Gasteiger partial charge is 0.239 e. The highest BCUT2D eigenvalue weighted by molar-refractivity contribution is 5.82. The van der Waals surface area contributed by atoms with Gasteiger partial charge in [0.15, 0.2) is 5.96 Å². The molecular weight excluding hydrogens is 342 g/mol. The van der Waals surface area contributed by atoms with Crippen LogP contribution in [0, 0.1) is 5.92 Å². The Morgan fingerprint density at radius 1 is 1.37 bits per heavy atom. The van der Waals surface area contributed by atoms with Crippen molar-refractivity contribution < 1.29 is 9.53 Å². The zero-order valence-corrected chi connectivity index (χ0v) is 16.4. The Morgan fingerprint density at radius 2 is 2.15 bits per heavy atom. The summed E-state index contributed by atoms with van der Waals surface area (Å²) in [6.45, 7) is 5.14. The van der Waals surface area contributed by atoms with Crippen molar-refractivity contribution in [2.45, 2.75) is 19.4 Å². The predicted octanol–water partition coefficient (Wildman–Crippen LogP) is 1.06. The lowest BCUT2D eigenvalue weighted by atomic mass is 10.2. The van der Waals surface area contributed by atoms with Crippen molar-refractivity contribution in [1.29, 1.82) is 0 Å². The second-order valence-electron chi connectivity index (χ2n) is 7.28. The molecule has 2 N–H and O–H groups in total. The van der Waals surface area contributed by atoms with Crippen molar-refractivity contribution in [3.05, 3.63) is 29.8 Å². The molecular formula is C20H31N5O2. The molecule has 148 valence electrons. The number of ether oxygens (including phenoxy) is 1. The van der Waals surface area contributed by atoms with Crippen molar-refractivity contribution in [3.63, 3.8) is 0 Å². The van der Waals surface area contributed by atoms with Gasteiger partial charge in [-0.15, -0.1) is 0 Å². The zero-order valence-electron chi connectivity index (χ0n) is 16.4. The van der Waals surface area contributed by atoms with Gasteiger partial charge in [-0.2, -0.15) is 0 Å². The summed E-state index contributed by atoms with van der Waals surface area (Å²) in [7, 11) is 3.83. The molecule has 1 aromatic carbocycles. The van der Waals surface area contributed by atoms with Gasteiger partial charge in [-0.25, -0.2) is 0 Å². The monoisotopic (exact) mass is 373 g/mol. The maximum atomic E-state index is 11.5. The molecule has 0 bridgehead atoms. The minimum atomic E-state index is 0.0833. The molecule has 1 aliphatic heterocycles. The summed E-state index contributed by atoms with van der Waals surface area (Å²) in [5.41, 5.74) is 2.27. The first kappa shape index (κ1) is 19.5. The highest BCUT2D eigenvalue weighted by Gasteiger charge is 2.21. The van der Waals surface area contributed by atoms with Crippen LogP contribution >= 0.6 is 0 Å². The molecule has 2 aliphatic rings. The summed E-state index contributed by atoms with van der Waals surface area (Å²) in [6, 6.07) is 8.35. The second kappa shape index (κ2) is 9.60. The number of likely N-dealkylation sites (N-methyl/N-ethyl adjacent to an activating group) is 1. The molecule has 3 rings (SSSR count). The van der Waals surface area contributed by atoms with Gasteiger partial charge in [0.1, 0.15) is 0 Å². The van der Waals surface area contributed by atoms with E-state index in [1.807, 2.05) is 7.05 Å². The Balaban J connectivity index is 1.42. The van der Waals surface area contributed by atoms with E-state index in [2.05, 4.69) is 49.7 Å². The zero-order chi connectivity index (χ0) is 19.1. The van der Waals surface area contributed by atoms with Crippen LogP contribution in [0.4, 0.5) is 5.69 Å². The van der Waals surface area contributed by atoms with E-state index < -0.39 is 0 Å². The number of aliphatic imine (C=N–C) groups is 1. The van der Waals surface area contributed by atoms with Crippen LogP contribution in [-0.2, 0) is 16.1 Å². The van der Waals surface area contributed by atoms with Gasteiger partial charge in [-0.05, 0) is 36.5 Å². The van der Waals surface area contributed by atoms with Crippen molar-refractivity contribution in [2.75, 3.05) is 58.4 Å². The van der Waals surface area contributed by atoms with Gasteiger partial charge in [0.05, 0.1) is 13.2 Å². The molecule has 7 nitrogen and oxygen atoms in total. The number of carbonyl (C=O) groups excluding carboxylic acids is 1. The van der Waals surface area contributed by atoms with E-state index in [1.54, 1.807) is 7.05 Å². The fraction of sp³-hybridized carbons (Fsp3) is 0.600. The van der Waals surface area contributed by atoms with Crippen molar-refractivity contribution in [1.82, 2.24) is 15.5 Å². The molecule has 0 aromatic heterocycles. The number of nitrogens with zero attached hydrogens (tertiary/aromatic N) is 3. The van der Waals surface area contributed by atoms with E-state index in [0.29, 0.717) is 19.6 Å². The van der Waals surface area contributed by atoms with Crippen LogP contribution in [0.5, 0.6) is 0 Å². The fourth-order valence-electron chi connectivity index (χ4n) is 3.09. The highest BCUT2D eigenvalue weighted by Crippen LogP contribution is 2.28. The number of anilines is 1. The Hall–Kier alpha value is -2.28. The van der Waals surface area contributed by atoms with Gasteiger partial charge >= 0.3 is 0 Å². The number of piperazine rings is 1. The maximum absolute atomic E-state index is 11.5. The van der Waals surface area contributed by atoms with Gasteiger partial charge in [0, 0.05) is 52.6 Å². The third kappa shape index (κ3) is 6.13. The average molecular weight is 374 g/mol. The van der Waals surface area contributed by atoms with Crippen LogP contribution in [0.1, 0.15) is 18.4 Å². The second-order valence-corrected chi connectivity index (χ2v) is 7.28. The minimum Gasteiger partial charge on any atom is -0.379 e. The van der Waals surface area contributed by atoms with Crippen LogP contribution in [0.2, 0.25) is 0 Å². The summed E-state index contributed by atoms with van der Waals surface area (Å²) in [5, 5.41) is 6.25. The van der Waals surface area contributed by atoms with Crippen LogP contribution in [0.15, 0.2) is 29.3 Å². The molecule has 27 heavy (non-hydrogen) atoms. The predicted molar refractivity (Wildman–Crippen MR) is 108 cm³/mol. The van der Waals surface area contributed by atoms with Crippen LogP contribution in [0.3, 0.4) is 0 Å². The van der Waals surface area contributed by atoms with Gasteiger partial charge in [-0.3, -0.25) is 9.79 Å². The molecule has 0 unspecified atom stereocenters. The maximum Gasteiger partial charge on any atom is 0.239 e. The van der Waals surface area contributed by atoms with E-state index in [1.165, 1.54) is 18.4 Å². The number of amides is 1. The van der Waals surface area contributed by atoms with Crippen LogP contribution in [0.25, 0.3) is 0 Å². The van der Waals surface area contributed by atoms with Gasteiger partial charge in [0.2, 0.25) is 5.91 Å². The summed E-state index contributed by atoms with van der Waals surface area (Å²) < 4.78 is 5.71. The Labute approximate surface area is 161 Å². The molecule has 2 fully saturated rings. The molecule has 1 saturated heterocycles. The fourth-order valence-corrected chi connectivity index (χ4v) is 3.09. The quantitative estimate of drug-likeness (QED) is 0.405. The SMILES string of the molecule is CN=C(NCc1ccc(N2CCNC(=O)C2)cc1)N(C)CCOCC1CC1. The number of hydrogen-bond acceptors (Lipinski definition) is 4. The van der Waals surface area contributed by atoms with E-state index >= 15 is 0 Å². The summed E-state index contributed by atoms with van der Waals surface area (Å²) >= 11 is 0. The standard InChI is InChI=1S/C20H31N5O2/c1-21-20(24(2)11-12-27-15-17-3-4-17)23-13-16-5-7-18(8-6-16)25-10-9-22-19(26)14-25/h5-8,17H,3-4,9-15H2,1-2H3,(H,21,23)(H,22,26). The first-order valence-electron chi connectivity index (χ1n) is 9.76.